The van der Waals surface area contributed by atoms with Gasteiger partial charge in [-0.3, -0.25) is 0 Å². The molecule has 0 rings (SSSR count). The van der Waals surface area contributed by atoms with Crippen molar-refractivity contribution in [3.63, 3.8) is 0 Å². The average Bonchev–Trinajstić information content (AvgIpc) is 2.37. The van der Waals surface area contributed by atoms with Gasteiger partial charge in [0, 0.05) is 6.42 Å². The van der Waals surface area contributed by atoms with Crippen LogP contribution in [0.5, 0.6) is 0 Å². The molecule has 0 saturated heterocycles. The first-order valence-corrected chi connectivity index (χ1v) is 8.10. The fourth-order valence-corrected chi connectivity index (χ4v) is 2.52. The summed E-state index contributed by atoms with van der Waals surface area (Å²) < 4.78 is 0. The number of rotatable bonds is 12. The van der Waals surface area contributed by atoms with Crippen LogP contribution in [0.15, 0.2) is 0 Å². The maximum atomic E-state index is 10.7. The zero-order chi connectivity index (χ0) is 14.8. The van der Waals surface area contributed by atoms with Crippen LogP contribution in [0.3, 0.4) is 0 Å². The highest BCUT2D eigenvalue weighted by Crippen LogP contribution is 2.35. The predicted molar refractivity (Wildman–Crippen MR) is 79.9 cm³/mol. The fraction of sp³-hybridized carbons (Fsp3) is 1.00. The molecule has 0 aliphatic heterocycles. The third-order valence-electron chi connectivity index (χ3n) is 4.01. The summed E-state index contributed by atoms with van der Waals surface area (Å²) in [7, 11) is 0. The van der Waals surface area contributed by atoms with Gasteiger partial charge < -0.3 is 15.3 Å². The summed E-state index contributed by atoms with van der Waals surface area (Å²) in [6.07, 6.45) is 8.79. The Hall–Kier alpha value is -0.120. The van der Waals surface area contributed by atoms with Gasteiger partial charge >= 0.3 is 0 Å². The standard InChI is InChI=1S/C16H34O3/c1-4-7-10-12-15(17,13-11-8-5-2)16(18,19)14-9-6-3/h17-19H,4-14H2,1-3H3. The van der Waals surface area contributed by atoms with Crippen LogP contribution in [0.2, 0.25) is 0 Å². The van der Waals surface area contributed by atoms with Crippen LogP contribution in [-0.4, -0.2) is 26.7 Å². The largest absolute Gasteiger partial charge is 0.384 e. The van der Waals surface area contributed by atoms with E-state index in [1.165, 1.54) is 0 Å². The van der Waals surface area contributed by atoms with E-state index >= 15 is 0 Å². The first kappa shape index (κ1) is 18.9. The minimum absolute atomic E-state index is 0.262. The van der Waals surface area contributed by atoms with Crippen molar-refractivity contribution in [2.24, 2.45) is 0 Å². The molecule has 116 valence electrons. The number of unbranched alkanes of at least 4 members (excludes halogenated alkanes) is 5. The van der Waals surface area contributed by atoms with Gasteiger partial charge in [-0.05, 0) is 19.3 Å². The maximum absolute atomic E-state index is 10.7. The van der Waals surface area contributed by atoms with E-state index in [0.717, 1.165) is 51.4 Å². The van der Waals surface area contributed by atoms with E-state index in [2.05, 4.69) is 13.8 Å². The molecule has 0 unspecified atom stereocenters. The molecule has 0 bridgehead atoms. The van der Waals surface area contributed by atoms with Gasteiger partial charge in [-0.15, -0.1) is 0 Å². The van der Waals surface area contributed by atoms with Crippen LogP contribution in [0.1, 0.15) is 91.4 Å². The van der Waals surface area contributed by atoms with Crippen molar-refractivity contribution in [1.29, 1.82) is 0 Å². The fourth-order valence-electron chi connectivity index (χ4n) is 2.52. The summed E-state index contributed by atoms with van der Waals surface area (Å²) in [5.41, 5.74) is -1.34. The first-order chi connectivity index (χ1) is 8.93. The molecular weight excluding hydrogens is 240 g/mol. The van der Waals surface area contributed by atoms with Crippen molar-refractivity contribution in [2.45, 2.75) is 103 Å². The van der Waals surface area contributed by atoms with Crippen molar-refractivity contribution < 1.29 is 15.3 Å². The van der Waals surface area contributed by atoms with E-state index in [9.17, 15) is 15.3 Å². The van der Waals surface area contributed by atoms with Crippen molar-refractivity contribution in [3.05, 3.63) is 0 Å². The minimum Gasteiger partial charge on any atom is -0.384 e. The second-order valence-electron chi connectivity index (χ2n) is 5.87. The highest BCUT2D eigenvalue weighted by atomic mass is 16.5. The molecule has 0 aliphatic rings. The Kier molecular flexibility index (Phi) is 9.67. The SMILES string of the molecule is CCCCCC(O)(CCCCC)C(O)(O)CCCC. The number of aliphatic hydroxyl groups is 3. The van der Waals surface area contributed by atoms with Gasteiger partial charge in [0.05, 0.1) is 0 Å². The molecule has 3 N–H and O–H groups in total. The van der Waals surface area contributed by atoms with E-state index in [4.69, 9.17) is 0 Å². The Bertz CT molecular complexity index is 204. The predicted octanol–water partition coefficient (Wildman–Crippen LogP) is 3.75. The summed E-state index contributed by atoms with van der Waals surface area (Å²) in [6.45, 7) is 6.24. The summed E-state index contributed by atoms with van der Waals surface area (Å²) >= 11 is 0. The second kappa shape index (κ2) is 9.73. The van der Waals surface area contributed by atoms with E-state index in [1.807, 2.05) is 6.92 Å². The zero-order valence-electron chi connectivity index (χ0n) is 13.1. The number of hydrogen-bond acceptors (Lipinski definition) is 3. The van der Waals surface area contributed by atoms with Crippen LogP contribution >= 0.6 is 0 Å². The molecule has 3 heteroatoms. The first-order valence-electron chi connectivity index (χ1n) is 8.10. The van der Waals surface area contributed by atoms with Crippen molar-refractivity contribution >= 4 is 0 Å². The molecule has 0 aromatic heterocycles. The lowest BCUT2D eigenvalue weighted by atomic mass is 9.80. The number of hydrogen-bond donors (Lipinski definition) is 3. The molecular formula is C16H34O3. The lowest BCUT2D eigenvalue weighted by molar-refractivity contribution is -0.283. The summed E-state index contributed by atoms with van der Waals surface area (Å²) in [5.74, 6) is -1.94. The summed E-state index contributed by atoms with van der Waals surface area (Å²) in [5, 5.41) is 31.3. The normalized spacial score (nSPS) is 12.9. The molecule has 0 aromatic rings. The van der Waals surface area contributed by atoms with Gasteiger partial charge in [0.1, 0.15) is 5.60 Å². The molecule has 0 radical (unpaired) electrons. The summed E-state index contributed by atoms with van der Waals surface area (Å²) in [6, 6.07) is 0. The molecule has 0 amide bonds. The van der Waals surface area contributed by atoms with Gasteiger partial charge in [0.25, 0.3) is 0 Å². The highest BCUT2D eigenvalue weighted by molar-refractivity contribution is 4.92. The molecule has 0 atom stereocenters. The quantitative estimate of drug-likeness (QED) is 0.375. The van der Waals surface area contributed by atoms with Gasteiger partial charge in [-0.1, -0.05) is 65.7 Å². The van der Waals surface area contributed by atoms with Gasteiger partial charge in [-0.2, -0.15) is 0 Å². The van der Waals surface area contributed by atoms with Crippen LogP contribution in [0, 0.1) is 0 Å². The molecule has 0 heterocycles. The molecule has 3 nitrogen and oxygen atoms in total. The monoisotopic (exact) mass is 274 g/mol. The van der Waals surface area contributed by atoms with E-state index in [-0.39, 0.29) is 6.42 Å². The lowest BCUT2D eigenvalue weighted by Gasteiger charge is -2.40. The Morgan fingerprint density at radius 2 is 1.00 bits per heavy atom. The van der Waals surface area contributed by atoms with Crippen LogP contribution < -0.4 is 0 Å². The summed E-state index contributed by atoms with van der Waals surface area (Å²) in [4.78, 5) is 0. The van der Waals surface area contributed by atoms with Crippen molar-refractivity contribution in [3.8, 4) is 0 Å². The van der Waals surface area contributed by atoms with Crippen LogP contribution in [-0.2, 0) is 0 Å². The zero-order valence-corrected chi connectivity index (χ0v) is 13.1. The maximum Gasteiger partial charge on any atom is 0.192 e. The molecule has 19 heavy (non-hydrogen) atoms. The average molecular weight is 274 g/mol. The lowest BCUT2D eigenvalue weighted by Crippen LogP contribution is -2.54. The Balaban J connectivity index is 4.59. The van der Waals surface area contributed by atoms with E-state index in [1.54, 1.807) is 0 Å². The van der Waals surface area contributed by atoms with Gasteiger partial charge in [-0.25, -0.2) is 0 Å². The molecule has 0 fully saturated rings. The smallest absolute Gasteiger partial charge is 0.192 e. The van der Waals surface area contributed by atoms with Crippen LogP contribution in [0.4, 0.5) is 0 Å². The third kappa shape index (κ3) is 6.73. The Morgan fingerprint density at radius 3 is 1.37 bits per heavy atom. The van der Waals surface area contributed by atoms with Crippen molar-refractivity contribution in [2.75, 3.05) is 0 Å². The Morgan fingerprint density at radius 1 is 0.579 bits per heavy atom. The third-order valence-corrected chi connectivity index (χ3v) is 4.01. The van der Waals surface area contributed by atoms with Gasteiger partial charge in [0.2, 0.25) is 0 Å². The molecule has 0 aromatic carbocycles. The minimum atomic E-state index is -1.94. The Labute approximate surface area is 119 Å². The topological polar surface area (TPSA) is 60.7 Å². The van der Waals surface area contributed by atoms with Crippen LogP contribution in [0.25, 0.3) is 0 Å². The van der Waals surface area contributed by atoms with Crippen molar-refractivity contribution in [1.82, 2.24) is 0 Å². The van der Waals surface area contributed by atoms with E-state index in [0.29, 0.717) is 12.8 Å². The highest BCUT2D eigenvalue weighted by Gasteiger charge is 2.46. The molecule has 0 spiro atoms. The molecule has 0 aliphatic carbocycles. The van der Waals surface area contributed by atoms with Gasteiger partial charge in [0.15, 0.2) is 5.79 Å². The van der Waals surface area contributed by atoms with E-state index < -0.39 is 11.4 Å². The molecule has 0 saturated carbocycles. The second-order valence-corrected chi connectivity index (χ2v) is 5.87.